The predicted molar refractivity (Wildman–Crippen MR) is 94.0 cm³/mol. The van der Waals surface area contributed by atoms with Crippen LogP contribution in [-0.4, -0.2) is 12.7 Å². The summed E-state index contributed by atoms with van der Waals surface area (Å²) >= 11 is 0. The Hall–Kier alpha value is -2.75. The van der Waals surface area contributed by atoms with Crippen molar-refractivity contribution in [3.8, 4) is 11.5 Å². The molecule has 1 N–H and O–H groups in total. The number of carbonyl (C=O) groups excluding carboxylic acids is 1. The molecule has 2 aromatic carbocycles. The molecule has 1 amide bonds. The highest BCUT2D eigenvalue weighted by Gasteiger charge is 2.13. The lowest BCUT2D eigenvalue weighted by atomic mass is 10.0. The van der Waals surface area contributed by atoms with Crippen LogP contribution >= 0.6 is 0 Å². The summed E-state index contributed by atoms with van der Waals surface area (Å²) in [5.41, 5.74) is 3.23. The molecule has 24 heavy (non-hydrogen) atoms. The van der Waals surface area contributed by atoms with Crippen LogP contribution in [0.3, 0.4) is 0 Å². The molecule has 0 fully saturated rings. The normalized spacial score (nSPS) is 13.9. The van der Waals surface area contributed by atoms with Gasteiger partial charge < -0.3 is 14.8 Å². The smallest absolute Gasteiger partial charge is 0.244 e. The number of benzene rings is 2. The number of amides is 1. The second-order valence-corrected chi connectivity index (χ2v) is 5.83. The first-order valence-corrected chi connectivity index (χ1v) is 8.10. The summed E-state index contributed by atoms with van der Waals surface area (Å²) in [5, 5.41) is 3.04. The van der Waals surface area contributed by atoms with Crippen molar-refractivity contribution in [2.24, 2.45) is 0 Å². The molecule has 0 bridgehead atoms. The number of nitrogens with one attached hydrogen (secondary N) is 1. The molecule has 1 heterocycles. The molecule has 0 aromatic heterocycles. The Labute approximate surface area is 142 Å². The average molecular weight is 323 g/mol. The molecule has 0 saturated carbocycles. The van der Waals surface area contributed by atoms with Crippen LogP contribution in [0.2, 0.25) is 0 Å². The quantitative estimate of drug-likeness (QED) is 0.846. The SMILES string of the molecule is CCC(NC(=O)C=Cc1ccc2c(c1)OCO2)c1ccc(C)cc1. The maximum Gasteiger partial charge on any atom is 0.244 e. The summed E-state index contributed by atoms with van der Waals surface area (Å²) < 4.78 is 10.6. The molecule has 3 rings (SSSR count). The average Bonchev–Trinajstić information content (AvgIpc) is 3.06. The molecule has 4 nitrogen and oxygen atoms in total. The van der Waals surface area contributed by atoms with Crippen LogP contribution in [0, 0.1) is 6.92 Å². The van der Waals surface area contributed by atoms with E-state index in [1.165, 1.54) is 5.56 Å². The van der Waals surface area contributed by atoms with Gasteiger partial charge in [0.15, 0.2) is 11.5 Å². The van der Waals surface area contributed by atoms with Gasteiger partial charge in [0.05, 0.1) is 6.04 Å². The Balaban J connectivity index is 1.64. The lowest BCUT2D eigenvalue weighted by Gasteiger charge is -2.16. The fraction of sp³-hybridized carbons (Fsp3) is 0.250. The minimum atomic E-state index is -0.111. The van der Waals surface area contributed by atoms with Gasteiger partial charge in [-0.2, -0.15) is 0 Å². The summed E-state index contributed by atoms with van der Waals surface area (Å²) in [6.07, 6.45) is 4.17. The van der Waals surface area contributed by atoms with E-state index >= 15 is 0 Å². The monoisotopic (exact) mass is 323 g/mol. The number of aryl methyl sites for hydroxylation is 1. The molecule has 1 aliphatic heterocycles. The minimum Gasteiger partial charge on any atom is -0.454 e. The van der Waals surface area contributed by atoms with Gasteiger partial charge in [-0.3, -0.25) is 4.79 Å². The molecule has 0 spiro atoms. The Kier molecular flexibility index (Phi) is 4.85. The van der Waals surface area contributed by atoms with E-state index in [0.717, 1.165) is 23.3 Å². The third-order valence-corrected chi connectivity index (χ3v) is 4.03. The Bertz CT molecular complexity index is 750. The van der Waals surface area contributed by atoms with E-state index in [2.05, 4.69) is 43.4 Å². The molecule has 0 saturated heterocycles. The van der Waals surface area contributed by atoms with E-state index in [1.807, 2.05) is 18.2 Å². The zero-order chi connectivity index (χ0) is 16.9. The zero-order valence-corrected chi connectivity index (χ0v) is 13.9. The van der Waals surface area contributed by atoms with Crippen molar-refractivity contribution in [3.63, 3.8) is 0 Å². The van der Waals surface area contributed by atoms with Crippen LogP contribution in [-0.2, 0) is 4.79 Å². The third kappa shape index (κ3) is 3.77. The number of hydrogen-bond acceptors (Lipinski definition) is 3. The Morgan fingerprint density at radius 1 is 1.17 bits per heavy atom. The van der Waals surface area contributed by atoms with E-state index in [9.17, 15) is 4.79 Å². The molecule has 1 atom stereocenters. The molecular weight excluding hydrogens is 302 g/mol. The van der Waals surface area contributed by atoms with Crippen LogP contribution in [0.15, 0.2) is 48.5 Å². The molecule has 0 aliphatic carbocycles. The molecule has 1 unspecified atom stereocenters. The van der Waals surface area contributed by atoms with Crippen LogP contribution in [0.4, 0.5) is 0 Å². The highest BCUT2D eigenvalue weighted by molar-refractivity contribution is 5.92. The van der Waals surface area contributed by atoms with Gasteiger partial charge >= 0.3 is 0 Å². The van der Waals surface area contributed by atoms with E-state index < -0.39 is 0 Å². The summed E-state index contributed by atoms with van der Waals surface area (Å²) in [4.78, 5) is 12.2. The van der Waals surface area contributed by atoms with Gasteiger partial charge in [-0.25, -0.2) is 0 Å². The fourth-order valence-electron chi connectivity index (χ4n) is 2.63. The van der Waals surface area contributed by atoms with Gasteiger partial charge in [-0.05, 0) is 42.7 Å². The maximum absolute atomic E-state index is 12.2. The van der Waals surface area contributed by atoms with Crippen molar-refractivity contribution in [3.05, 3.63) is 65.2 Å². The van der Waals surface area contributed by atoms with Crippen LogP contribution in [0.1, 0.15) is 36.1 Å². The number of rotatable bonds is 5. The third-order valence-electron chi connectivity index (χ3n) is 4.03. The van der Waals surface area contributed by atoms with Gasteiger partial charge in [-0.1, -0.05) is 42.8 Å². The van der Waals surface area contributed by atoms with Crippen molar-refractivity contribution in [2.75, 3.05) is 6.79 Å². The number of hydrogen-bond donors (Lipinski definition) is 1. The van der Waals surface area contributed by atoms with E-state index in [4.69, 9.17) is 9.47 Å². The number of fused-ring (bicyclic) bond motifs is 1. The maximum atomic E-state index is 12.2. The second kappa shape index (κ2) is 7.21. The van der Waals surface area contributed by atoms with Crippen molar-refractivity contribution in [1.82, 2.24) is 5.32 Å². The van der Waals surface area contributed by atoms with E-state index in [0.29, 0.717) is 5.75 Å². The molecule has 124 valence electrons. The molecule has 4 heteroatoms. The van der Waals surface area contributed by atoms with Crippen molar-refractivity contribution in [2.45, 2.75) is 26.3 Å². The number of carbonyl (C=O) groups is 1. The lowest BCUT2D eigenvalue weighted by Crippen LogP contribution is -2.26. The van der Waals surface area contributed by atoms with Crippen molar-refractivity contribution >= 4 is 12.0 Å². The van der Waals surface area contributed by atoms with Crippen LogP contribution in [0.25, 0.3) is 6.08 Å². The number of ether oxygens (including phenoxy) is 2. The van der Waals surface area contributed by atoms with Crippen LogP contribution < -0.4 is 14.8 Å². The Morgan fingerprint density at radius 2 is 1.92 bits per heavy atom. The highest BCUT2D eigenvalue weighted by atomic mass is 16.7. The predicted octanol–water partition coefficient (Wildman–Crippen LogP) is 4.00. The van der Waals surface area contributed by atoms with Gasteiger partial charge in [0.1, 0.15) is 0 Å². The first-order valence-electron chi connectivity index (χ1n) is 8.10. The standard InChI is InChI=1S/C20H21NO3/c1-3-17(16-8-4-14(2)5-9-16)21-20(22)11-7-15-6-10-18-19(12-15)24-13-23-18/h4-12,17H,3,13H2,1-2H3,(H,21,22). The fourth-order valence-corrected chi connectivity index (χ4v) is 2.63. The first kappa shape index (κ1) is 16.1. The topological polar surface area (TPSA) is 47.6 Å². The summed E-state index contributed by atoms with van der Waals surface area (Å²) in [7, 11) is 0. The summed E-state index contributed by atoms with van der Waals surface area (Å²) in [6, 6.07) is 13.9. The first-order chi connectivity index (χ1) is 11.7. The van der Waals surface area contributed by atoms with Gasteiger partial charge in [0.25, 0.3) is 0 Å². The molecule has 0 radical (unpaired) electrons. The molecule has 2 aromatic rings. The van der Waals surface area contributed by atoms with Gasteiger partial charge in [-0.15, -0.1) is 0 Å². The largest absolute Gasteiger partial charge is 0.454 e. The molecular formula is C20H21NO3. The van der Waals surface area contributed by atoms with E-state index in [1.54, 1.807) is 12.2 Å². The second-order valence-electron chi connectivity index (χ2n) is 5.83. The molecule has 1 aliphatic rings. The Morgan fingerprint density at radius 3 is 2.67 bits per heavy atom. The van der Waals surface area contributed by atoms with Crippen molar-refractivity contribution in [1.29, 1.82) is 0 Å². The summed E-state index contributed by atoms with van der Waals surface area (Å²) in [6.45, 7) is 4.36. The van der Waals surface area contributed by atoms with Crippen LogP contribution in [0.5, 0.6) is 11.5 Å². The van der Waals surface area contributed by atoms with Crippen molar-refractivity contribution < 1.29 is 14.3 Å². The van der Waals surface area contributed by atoms with E-state index in [-0.39, 0.29) is 18.7 Å². The zero-order valence-electron chi connectivity index (χ0n) is 13.9. The lowest BCUT2D eigenvalue weighted by molar-refractivity contribution is -0.117. The van der Waals surface area contributed by atoms with Gasteiger partial charge in [0, 0.05) is 6.08 Å². The highest BCUT2D eigenvalue weighted by Crippen LogP contribution is 2.32. The summed E-state index contributed by atoms with van der Waals surface area (Å²) in [5.74, 6) is 1.34. The minimum absolute atomic E-state index is 0.0134. The van der Waals surface area contributed by atoms with Gasteiger partial charge in [0.2, 0.25) is 12.7 Å².